The molecule has 2 nitrogen and oxygen atoms in total. The summed E-state index contributed by atoms with van der Waals surface area (Å²) in [5, 5.41) is 0. The standard InChI is InChI=1S/C13H20N2/c1-10(2)8-15(4)9-12-5-6-13(14)11(3)7-12/h5-7H,1,8-9,14H2,2-4H3. The summed E-state index contributed by atoms with van der Waals surface area (Å²) >= 11 is 0. The minimum absolute atomic E-state index is 0.862. The normalized spacial score (nSPS) is 10.7. The number of anilines is 1. The Kier molecular flexibility index (Phi) is 3.92. The maximum atomic E-state index is 5.77. The maximum absolute atomic E-state index is 5.77. The smallest absolute Gasteiger partial charge is 0.0343 e. The van der Waals surface area contributed by atoms with Gasteiger partial charge in [0.05, 0.1) is 0 Å². The van der Waals surface area contributed by atoms with Crippen LogP contribution in [0.3, 0.4) is 0 Å². The third-order valence-electron chi connectivity index (χ3n) is 2.33. The van der Waals surface area contributed by atoms with Crippen LogP contribution in [0.5, 0.6) is 0 Å². The molecular formula is C13H20N2. The number of hydrogen-bond acceptors (Lipinski definition) is 2. The second-order valence-electron chi connectivity index (χ2n) is 4.32. The molecule has 1 aromatic rings. The molecule has 2 N–H and O–H groups in total. The van der Waals surface area contributed by atoms with Gasteiger partial charge in [-0.25, -0.2) is 0 Å². The molecular weight excluding hydrogens is 184 g/mol. The number of benzene rings is 1. The van der Waals surface area contributed by atoms with E-state index in [-0.39, 0.29) is 0 Å². The molecule has 0 unspecified atom stereocenters. The zero-order valence-corrected chi connectivity index (χ0v) is 9.88. The Labute approximate surface area is 92.4 Å². The zero-order chi connectivity index (χ0) is 11.4. The minimum atomic E-state index is 0.862. The molecule has 0 spiro atoms. The van der Waals surface area contributed by atoms with E-state index in [9.17, 15) is 0 Å². The van der Waals surface area contributed by atoms with Crippen molar-refractivity contribution in [2.24, 2.45) is 0 Å². The molecule has 15 heavy (non-hydrogen) atoms. The van der Waals surface area contributed by atoms with Gasteiger partial charge in [-0.2, -0.15) is 0 Å². The summed E-state index contributed by atoms with van der Waals surface area (Å²) in [6.45, 7) is 9.86. The first-order chi connectivity index (χ1) is 6.99. The van der Waals surface area contributed by atoms with Crippen LogP contribution in [-0.2, 0) is 6.54 Å². The summed E-state index contributed by atoms with van der Waals surface area (Å²) in [7, 11) is 2.10. The number of nitrogens with two attached hydrogens (primary N) is 1. The summed E-state index contributed by atoms with van der Waals surface area (Å²) in [4.78, 5) is 2.24. The van der Waals surface area contributed by atoms with Gasteiger partial charge in [0.25, 0.3) is 0 Å². The van der Waals surface area contributed by atoms with E-state index in [1.807, 2.05) is 19.9 Å². The average molecular weight is 204 g/mol. The molecule has 0 amide bonds. The van der Waals surface area contributed by atoms with Gasteiger partial charge in [-0.1, -0.05) is 24.3 Å². The molecule has 0 aliphatic rings. The summed E-state index contributed by atoms with van der Waals surface area (Å²) in [5.41, 5.74) is 10.3. The van der Waals surface area contributed by atoms with Crippen LogP contribution in [-0.4, -0.2) is 18.5 Å². The van der Waals surface area contributed by atoms with Crippen molar-refractivity contribution in [3.63, 3.8) is 0 Å². The van der Waals surface area contributed by atoms with Gasteiger partial charge in [0.15, 0.2) is 0 Å². The van der Waals surface area contributed by atoms with Crippen LogP contribution in [0.15, 0.2) is 30.4 Å². The van der Waals surface area contributed by atoms with Gasteiger partial charge in [-0.15, -0.1) is 0 Å². The fourth-order valence-corrected chi connectivity index (χ4v) is 1.66. The van der Waals surface area contributed by atoms with E-state index in [0.29, 0.717) is 0 Å². The highest BCUT2D eigenvalue weighted by molar-refractivity contribution is 5.47. The van der Waals surface area contributed by atoms with Crippen molar-refractivity contribution < 1.29 is 0 Å². The van der Waals surface area contributed by atoms with E-state index >= 15 is 0 Å². The number of rotatable bonds is 4. The van der Waals surface area contributed by atoms with Crippen molar-refractivity contribution in [1.82, 2.24) is 4.90 Å². The molecule has 0 aromatic heterocycles. The van der Waals surface area contributed by atoms with E-state index in [0.717, 1.165) is 24.3 Å². The quantitative estimate of drug-likeness (QED) is 0.603. The van der Waals surface area contributed by atoms with Gasteiger partial charge in [0.2, 0.25) is 0 Å². The first-order valence-electron chi connectivity index (χ1n) is 5.17. The summed E-state index contributed by atoms with van der Waals surface area (Å²) in [6, 6.07) is 6.20. The summed E-state index contributed by atoms with van der Waals surface area (Å²) in [5.74, 6) is 0. The highest BCUT2D eigenvalue weighted by atomic mass is 15.1. The van der Waals surface area contributed by atoms with Crippen LogP contribution >= 0.6 is 0 Å². The first kappa shape index (κ1) is 11.8. The van der Waals surface area contributed by atoms with Gasteiger partial charge in [0.1, 0.15) is 0 Å². The Balaban J connectivity index is 2.64. The zero-order valence-electron chi connectivity index (χ0n) is 9.88. The summed E-state index contributed by atoms with van der Waals surface area (Å²) < 4.78 is 0. The molecule has 82 valence electrons. The second kappa shape index (κ2) is 4.99. The van der Waals surface area contributed by atoms with Crippen molar-refractivity contribution in [3.8, 4) is 0 Å². The lowest BCUT2D eigenvalue weighted by Crippen LogP contribution is -2.19. The van der Waals surface area contributed by atoms with Crippen molar-refractivity contribution in [2.75, 3.05) is 19.3 Å². The molecule has 1 aromatic carbocycles. The third kappa shape index (κ3) is 3.76. The molecule has 0 heterocycles. The summed E-state index contributed by atoms with van der Waals surface area (Å²) in [6.07, 6.45) is 0. The van der Waals surface area contributed by atoms with Gasteiger partial charge < -0.3 is 5.73 Å². The second-order valence-corrected chi connectivity index (χ2v) is 4.32. The Bertz CT molecular complexity index is 356. The minimum Gasteiger partial charge on any atom is -0.399 e. The lowest BCUT2D eigenvalue weighted by atomic mass is 10.1. The molecule has 0 saturated heterocycles. The van der Waals surface area contributed by atoms with Crippen LogP contribution in [0.1, 0.15) is 18.1 Å². The maximum Gasteiger partial charge on any atom is 0.0343 e. The van der Waals surface area contributed by atoms with E-state index in [4.69, 9.17) is 5.73 Å². The van der Waals surface area contributed by atoms with Crippen LogP contribution in [0.25, 0.3) is 0 Å². The Morgan fingerprint density at radius 2 is 2.13 bits per heavy atom. The lowest BCUT2D eigenvalue weighted by Gasteiger charge is -2.17. The molecule has 0 aliphatic carbocycles. The van der Waals surface area contributed by atoms with E-state index < -0.39 is 0 Å². The Morgan fingerprint density at radius 3 is 2.67 bits per heavy atom. The van der Waals surface area contributed by atoms with Crippen LogP contribution in [0.4, 0.5) is 5.69 Å². The first-order valence-corrected chi connectivity index (χ1v) is 5.17. The van der Waals surface area contributed by atoms with Crippen molar-refractivity contribution in [2.45, 2.75) is 20.4 Å². The number of likely N-dealkylation sites (N-methyl/N-ethyl adjacent to an activating group) is 1. The lowest BCUT2D eigenvalue weighted by molar-refractivity contribution is 0.355. The highest BCUT2D eigenvalue weighted by Crippen LogP contribution is 2.14. The fraction of sp³-hybridized carbons (Fsp3) is 0.385. The molecule has 2 heteroatoms. The monoisotopic (exact) mass is 204 g/mol. The van der Waals surface area contributed by atoms with E-state index in [1.54, 1.807) is 0 Å². The number of aryl methyl sites for hydroxylation is 1. The molecule has 0 radical (unpaired) electrons. The van der Waals surface area contributed by atoms with Gasteiger partial charge in [-0.05, 0) is 38.1 Å². The molecule has 0 atom stereocenters. The van der Waals surface area contributed by atoms with Gasteiger partial charge in [-0.3, -0.25) is 4.90 Å². The fourth-order valence-electron chi connectivity index (χ4n) is 1.66. The molecule has 0 bridgehead atoms. The van der Waals surface area contributed by atoms with Gasteiger partial charge >= 0.3 is 0 Å². The van der Waals surface area contributed by atoms with Crippen molar-refractivity contribution in [3.05, 3.63) is 41.5 Å². The SMILES string of the molecule is C=C(C)CN(C)Cc1ccc(N)c(C)c1. The van der Waals surface area contributed by atoms with Crippen molar-refractivity contribution in [1.29, 1.82) is 0 Å². The van der Waals surface area contributed by atoms with Crippen LogP contribution in [0.2, 0.25) is 0 Å². The molecule has 0 fully saturated rings. The number of hydrogen-bond donors (Lipinski definition) is 1. The average Bonchev–Trinajstić information content (AvgIpc) is 2.10. The van der Waals surface area contributed by atoms with Gasteiger partial charge in [0, 0.05) is 18.8 Å². The van der Waals surface area contributed by atoms with E-state index in [1.165, 1.54) is 11.1 Å². The highest BCUT2D eigenvalue weighted by Gasteiger charge is 2.01. The molecule has 0 aliphatic heterocycles. The van der Waals surface area contributed by atoms with E-state index in [2.05, 4.69) is 30.7 Å². The third-order valence-corrected chi connectivity index (χ3v) is 2.33. The van der Waals surface area contributed by atoms with Crippen LogP contribution < -0.4 is 5.73 Å². The Hall–Kier alpha value is -1.28. The predicted octanol–water partition coefficient (Wildman–Crippen LogP) is 2.59. The van der Waals surface area contributed by atoms with Crippen LogP contribution in [0, 0.1) is 6.92 Å². The largest absolute Gasteiger partial charge is 0.399 e. The topological polar surface area (TPSA) is 29.3 Å². The molecule has 1 rings (SSSR count). The van der Waals surface area contributed by atoms with Crippen molar-refractivity contribution >= 4 is 5.69 Å². The molecule has 0 saturated carbocycles. The Morgan fingerprint density at radius 1 is 1.47 bits per heavy atom. The number of nitrogens with zero attached hydrogens (tertiary/aromatic N) is 1. The predicted molar refractivity (Wildman–Crippen MR) is 66.7 cm³/mol. The number of nitrogen functional groups attached to an aromatic ring is 1.